The monoisotopic (exact) mass is 336 g/mol. The molecular formula is C22H40O2. The molecule has 0 aromatic heterocycles. The summed E-state index contributed by atoms with van der Waals surface area (Å²) >= 11 is 0. The van der Waals surface area contributed by atoms with E-state index in [4.69, 9.17) is 4.74 Å². The molecule has 3 aliphatic rings. The lowest BCUT2D eigenvalue weighted by Crippen LogP contribution is -2.47. The van der Waals surface area contributed by atoms with Crippen molar-refractivity contribution in [2.75, 3.05) is 6.61 Å². The van der Waals surface area contributed by atoms with Crippen LogP contribution in [0.3, 0.4) is 0 Å². The number of fused-ring (bicyclic) bond motifs is 1. The number of hydrogen-bond acceptors (Lipinski definition) is 2. The maximum absolute atomic E-state index is 11.7. The molecule has 24 heavy (non-hydrogen) atoms. The van der Waals surface area contributed by atoms with Gasteiger partial charge >= 0.3 is 0 Å². The van der Waals surface area contributed by atoms with Gasteiger partial charge in [0, 0.05) is 5.41 Å². The summed E-state index contributed by atoms with van der Waals surface area (Å²) < 4.78 is 6.54. The second kappa shape index (κ2) is 8.54. The molecule has 3 fully saturated rings. The first-order valence-corrected chi connectivity index (χ1v) is 11.0. The van der Waals surface area contributed by atoms with Crippen molar-refractivity contribution in [3.05, 3.63) is 0 Å². The van der Waals surface area contributed by atoms with E-state index in [0.717, 1.165) is 25.4 Å². The van der Waals surface area contributed by atoms with E-state index in [1.165, 1.54) is 70.6 Å². The molecule has 0 bridgehead atoms. The predicted octanol–water partition coefficient (Wildman–Crippen LogP) is 5.72. The molecule has 1 heterocycles. The minimum Gasteiger partial charge on any atom is -0.392 e. The van der Waals surface area contributed by atoms with Crippen LogP contribution in [0.5, 0.6) is 0 Å². The number of unbranched alkanes of at least 4 members (excludes halogenated alkanes) is 1. The van der Waals surface area contributed by atoms with E-state index in [9.17, 15) is 5.11 Å². The van der Waals surface area contributed by atoms with E-state index in [2.05, 4.69) is 13.8 Å². The normalized spacial score (nSPS) is 41.6. The zero-order valence-electron chi connectivity index (χ0n) is 16.1. The molecule has 2 aliphatic carbocycles. The first kappa shape index (κ1) is 18.7. The van der Waals surface area contributed by atoms with Gasteiger partial charge in [0.05, 0.1) is 18.8 Å². The molecular weight excluding hydrogens is 296 g/mol. The van der Waals surface area contributed by atoms with Crippen LogP contribution in [-0.4, -0.2) is 23.9 Å². The van der Waals surface area contributed by atoms with Crippen LogP contribution in [0.4, 0.5) is 0 Å². The van der Waals surface area contributed by atoms with Gasteiger partial charge in [0.2, 0.25) is 0 Å². The van der Waals surface area contributed by atoms with Crippen LogP contribution in [0.25, 0.3) is 0 Å². The smallest absolute Gasteiger partial charge is 0.0652 e. The van der Waals surface area contributed by atoms with Gasteiger partial charge in [-0.2, -0.15) is 0 Å². The molecule has 0 aromatic carbocycles. The van der Waals surface area contributed by atoms with Crippen molar-refractivity contribution in [3.8, 4) is 0 Å². The fourth-order valence-electron chi connectivity index (χ4n) is 6.14. The zero-order valence-corrected chi connectivity index (χ0v) is 16.1. The lowest BCUT2D eigenvalue weighted by atomic mass is 9.61. The standard InChI is InChI=1S/C22H40O2/c1-3-5-15-22(4-2)16-24-19-14-10-9-13-18(19)20(21(22)23)17-11-7-6-8-12-17/h17-21,23H,3-16H2,1-2H3/t18?,19?,20-,21-,22-/m1/s1. The van der Waals surface area contributed by atoms with Gasteiger partial charge in [0.15, 0.2) is 0 Å². The Hall–Kier alpha value is -0.0800. The van der Waals surface area contributed by atoms with Gasteiger partial charge in [0.1, 0.15) is 0 Å². The van der Waals surface area contributed by atoms with Gasteiger partial charge in [-0.25, -0.2) is 0 Å². The highest BCUT2D eigenvalue weighted by Crippen LogP contribution is 2.51. The quantitative estimate of drug-likeness (QED) is 0.696. The Bertz CT molecular complexity index is 376. The average Bonchev–Trinajstić information content (AvgIpc) is 2.76. The maximum Gasteiger partial charge on any atom is 0.0652 e. The third-order valence-electron chi connectivity index (χ3n) is 7.75. The molecule has 1 N–H and O–H groups in total. The molecule has 1 saturated heterocycles. The van der Waals surface area contributed by atoms with Gasteiger partial charge < -0.3 is 9.84 Å². The van der Waals surface area contributed by atoms with E-state index in [-0.39, 0.29) is 11.5 Å². The van der Waals surface area contributed by atoms with Gasteiger partial charge in [0.25, 0.3) is 0 Å². The number of aliphatic hydroxyl groups excluding tert-OH is 1. The number of ether oxygens (including phenoxy) is 1. The summed E-state index contributed by atoms with van der Waals surface area (Å²) in [5.41, 5.74) is 0.00939. The van der Waals surface area contributed by atoms with Crippen molar-refractivity contribution in [1.29, 1.82) is 0 Å². The molecule has 5 atom stereocenters. The highest BCUT2D eigenvalue weighted by atomic mass is 16.5. The Balaban J connectivity index is 1.88. The summed E-state index contributed by atoms with van der Waals surface area (Å²) in [5.74, 6) is 1.86. The van der Waals surface area contributed by atoms with Crippen LogP contribution in [0.15, 0.2) is 0 Å². The summed E-state index contributed by atoms with van der Waals surface area (Å²) in [6.07, 6.45) is 17.0. The predicted molar refractivity (Wildman–Crippen MR) is 100 cm³/mol. The van der Waals surface area contributed by atoms with Gasteiger partial charge in [-0.05, 0) is 43.4 Å². The third-order valence-corrected chi connectivity index (χ3v) is 7.75. The molecule has 0 spiro atoms. The molecule has 2 unspecified atom stereocenters. The summed E-state index contributed by atoms with van der Waals surface area (Å²) in [7, 11) is 0. The minimum absolute atomic E-state index is 0.00939. The molecule has 0 aromatic rings. The summed E-state index contributed by atoms with van der Waals surface area (Å²) in [6, 6.07) is 0. The largest absolute Gasteiger partial charge is 0.392 e. The van der Waals surface area contributed by atoms with E-state index >= 15 is 0 Å². The minimum atomic E-state index is -0.148. The fraction of sp³-hybridized carbons (Fsp3) is 1.00. The molecule has 2 nitrogen and oxygen atoms in total. The highest BCUT2D eigenvalue weighted by molar-refractivity contribution is 5.00. The fourth-order valence-corrected chi connectivity index (χ4v) is 6.14. The summed E-state index contributed by atoms with van der Waals surface area (Å²) in [4.78, 5) is 0. The lowest BCUT2D eigenvalue weighted by molar-refractivity contribution is -0.0711. The SMILES string of the molecule is CCCC[C@]1(CC)COC2CCCCC2[C@@H](C2CCCCC2)[C@H]1O. The van der Waals surface area contributed by atoms with Crippen LogP contribution >= 0.6 is 0 Å². The Morgan fingerprint density at radius 2 is 1.67 bits per heavy atom. The van der Waals surface area contributed by atoms with Crippen molar-refractivity contribution < 1.29 is 9.84 Å². The van der Waals surface area contributed by atoms with Crippen LogP contribution in [0, 0.1) is 23.2 Å². The first-order valence-electron chi connectivity index (χ1n) is 11.0. The van der Waals surface area contributed by atoms with Crippen molar-refractivity contribution in [2.45, 2.75) is 110 Å². The van der Waals surface area contributed by atoms with E-state index in [0.29, 0.717) is 17.9 Å². The summed E-state index contributed by atoms with van der Waals surface area (Å²) in [5, 5.41) is 11.7. The topological polar surface area (TPSA) is 29.5 Å². The summed E-state index contributed by atoms with van der Waals surface area (Å²) in [6.45, 7) is 5.36. The Morgan fingerprint density at radius 3 is 2.38 bits per heavy atom. The Kier molecular flexibility index (Phi) is 6.65. The van der Waals surface area contributed by atoms with Crippen molar-refractivity contribution in [1.82, 2.24) is 0 Å². The van der Waals surface area contributed by atoms with E-state index < -0.39 is 0 Å². The van der Waals surface area contributed by atoms with Crippen LogP contribution < -0.4 is 0 Å². The zero-order chi connectivity index (χ0) is 17.0. The van der Waals surface area contributed by atoms with Gasteiger partial charge in [-0.1, -0.05) is 71.6 Å². The average molecular weight is 337 g/mol. The number of aliphatic hydroxyl groups is 1. The van der Waals surface area contributed by atoms with Gasteiger partial charge in [-0.15, -0.1) is 0 Å². The molecule has 2 heteroatoms. The third kappa shape index (κ3) is 3.70. The number of rotatable bonds is 5. The van der Waals surface area contributed by atoms with Crippen molar-refractivity contribution in [2.24, 2.45) is 23.2 Å². The first-order chi connectivity index (χ1) is 11.7. The maximum atomic E-state index is 11.7. The van der Waals surface area contributed by atoms with Crippen molar-refractivity contribution >= 4 is 0 Å². The van der Waals surface area contributed by atoms with Crippen LogP contribution in [0.2, 0.25) is 0 Å². The second-order valence-corrected chi connectivity index (χ2v) is 9.04. The Morgan fingerprint density at radius 1 is 0.958 bits per heavy atom. The van der Waals surface area contributed by atoms with Crippen LogP contribution in [-0.2, 0) is 4.74 Å². The molecule has 140 valence electrons. The van der Waals surface area contributed by atoms with Crippen LogP contribution in [0.1, 0.15) is 97.3 Å². The van der Waals surface area contributed by atoms with E-state index in [1.54, 1.807) is 0 Å². The highest BCUT2D eigenvalue weighted by Gasteiger charge is 2.51. The lowest BCUT2D eigenvalue weighted by Gasteiger charge is -2.45. The molecule has 3 rings (SSSR count). The van der Waals surface area contributed by atoms with E-state index in [1.807, 2.05) is 0 Å². The Labute approximate surface area is 149 Å². The molecule has 2 saturated carbocycles. The molecule has 0 amide bonds. The second-order valence-electron chi connectivity index (χ2n) is 9.04. The molecule has 0 radical (unpaired) electrons. The molecule has 1 aliphatic heterocycles. The van der Waals surface area contributed by atoms with Gasteiger partial charge in [-0.3, -0.25) is 0 Å². The number of hydrogen-bond donors (Lipinski definition) is 1. The van der Waals surface area contributed by atoms with Crippen molar-refractivity contribution in [3.63, 3.8) is 0 Å².